The summed E-state index contributed by atoms with van der Waals surface area (Å²) in [4.78, 5) is 11.6. The van der Waals surface area contributed by atoms with Gasteiger partial charge in [-0.05, 0) is 51.3 Å². The minimum atomic E-state index is -2.83. The number of hydrogen-bond donors (Lipinski definition) is 1. The Morgan fingerprint density at radius 1 is 1.26 bits per heavy atom. The van der Waals surface area contributed by atoms with E-state index in [4.69, 9.17) is 4.74 Å². The molecule has 0 fully saturated rings. The molecule has 0 atom stereocenters. The van der Waals surface area contributed by atoms with Crippen molar-refractivity contribution in [3.8, 4) is 5.75 Å². The number of alkyl halides is 2. The van der Waals surface area contributed by atoms with Crippen molar-refractivity contribution >= 4 is 5.97 Å². The van der Waals surface area contributed by atoms with Crippen molar-refractivity contribution in [2.24, 2.45) is 0 Å². The number of aryl methyl sites for hydroxylation is 2. The van der Waals surface area contributed by atoms with E-state index in [0.29, 0.717) is 24.3 Å². The lowest BCUT2D eigenvalue weighted by molar-refractivity contribution is -0.144. The average molecular weight is 329 g/mol. The van der Waals surface area contributed by atoms with E-state index in [1.54, 1.807) is 32.9 Å². The second-order valence-corrected chi connectivity index (χ2v) is 6.16. The highest BCUT2D eigenvalue weighted by molar-refractivity contribution is 5.70. The SMILES string of the molecule is CCOC(=O)CC(C)(C)NCc1cc(C)c(OC(F)F)c(C)c1. The molecule has 23 heavy (non-hydrogen) atoms. The summed E-state index contributed by atoms with van der Waals surface area (Å²) in [6, 6.07) is 3.61. The number of carbonyl (C=O) groups excluding carboxylic acids is 1. The molecule has 1 aromatic rings. The Bertz CT molecular complexity index is 522. The summed E-state index contributed by atoms with van der Waals surface area (Å²) in [7, 11) is 0. The smallest absolute Gasteiger partial charge is 0.387 e. The third-order valence-electron chi connectivity index (χ3n) is 3.39. The number of hydrogen-bond acceptors (Lipinski definition) is 4. The van der Waals surface area contributed by atoms with Crippen LogP contribution in [-0.2, 0) is 16.1 Å². The molecule has 1 N–H and O–H groups in total. The predicted molar refractivity (Wildman–Crippen MR) is 84.7 cm³/mol. The van der Waals surface area contributed by atoms with Gasteiger partial charge >= 0.3 is 12.6 Å². The van der Waals surface area contributed by atoms with Crippen LogP contribution in [0, 0.1) is 13.8 Å². The van der Waals surface area contributed by atoms with Crippen LogP contribution in [-0.4, -0.2) is 24.7 Å². The fourth-order valence-corrected chi connectivity index (χ4v) is 2.39. The lowest BCUT2D eigenvalue weighted by Gasteiger charge is -2.25. The maximum Gasteiger partial charge on any atom is 0.387 e. The zero-order chi connectivity index (χ0) is 17.6. The molecule has 1 aromatic carbocycles. The molecule has 0 bridgehead atoms. The Labute approximate surface area is 136 Å². The van der Waals surface area contributed by atoms with E-state index in [1.807, 2.05) is 13.8 Å². The molecule has 130 valence electrons. The summed E-state index contributed by atoms with van der Waals surface area (Å²) >= 11 is 0. The van der Waals surface area contributed by atoms with Crippen LogP contribution < -0.4 is 10.1 Å². The van der Waals surface area contributed by atoms with Crippen LogP contribution in [0.4, 0.5) is 8.78 Å². The molecule has 0 saturated heterocycles. The molecule has 0 saturated carbocycles. The summed E-state index contributed by atoms with van der Waals surface area (Å²) in [5, 5.41) is 3.29. The molecule has 0 aromatic heterocycles. The first-order valence-corrected chi connectivity index (χ1v) is 7.60. The van der Waals surface area contributed by atoms with Gasteiger partial charge in [0.15, 0.2) is 0 Å². The van der Waals surface area contributed by atoms with Crippen LogP contribution in [0.5, 0.6) is 5.75 Å². The second-order valence-electron chi connectivity index (χ2n) is 6.16. The summed E-state index contributed by atoms with van der Waals surface area (Å²) in [5.74, 6) is -0.0347. The zero-order valence-corrected chi connectivity index (χ0v) is 14.3. The van der Waals surface area contributed by atoms with E-state index in [2.05, 4.69) is 10.1 Å². The molecule has 0 spiro atoms. The van der Waals surface area contributed by atoms with Crippen LogP contribution in [0.25, 0.3) is 0 Å². The highest BCUT2D eigenvalue weighted by Gasteiger charge is 2.22. The van der Waals surface area contributed by atoms with Gasteiger partial charge in [-0.3, -0.25) is 4.79 Å². The largest absolute Gasteiger partial charge is 0.466 e. The molecular weight excluding hydrogens is 304 g/mol. The number of nitrogens with one attached hydrogen (secondary N) is 1. The number of ether oxygens (including phenoxy) is 2. The summed E-state index contributed by atoms with van der Waals surface area (Å²) in [6.07, 6.45) is 0.255. The van der Waals surface area contributed by atoms with Crippen molar-refractivity contribution in [3.63, 3.8) is 0 Å². The average Bonchev–Trinajstić information content (AvgIpc) is 2.40. The standard InChI is InChI=1S/C17H25F2NO3/c1-6-22-14(21)9-17(4,5)20-10-13-7-11(2)15(12(3)8-13)23-16(18)19/h7-8,16,20H,6,9-10H2,1-5H3. The fourth-order valence-electron chi connectivity index (χ4n) is 2.39. The number of benzene rings is 1. The Kier molecular flexibility index (Phi) is 6.94. The van der Waals surface area contributed by atoms with Crippen LogP contribution in [0.15, 0.2) is 12.1 Å². The van der Waals surface area contributed by atoms with E-state index in [9.17, 15) is 13.6 Å². The van der Waals surface area contributed by atoms with Crippen molar-refractivity contribution < 1.29 is 23.0 Å². The van der Waals surface area contributed by atoms with Gasteiger partial charge in [0.25, 0.3) is 0 Å². The molecule has 0 aliphatic carbocycles. The van der Waals surface area contributed by atoms with Gasteiger partial charge in [0.1, 0.15) is 5.75 Å². The molecule has 0 radical (unpaired) electrons. The van der Waals surface area contributed by atoms with Crippen LogP contribution >= 0.6 is 0 Å². The maximum atomic E-state index is 12.4. The second kappa shape index (κ2) is 8.24. The van der Waals surface area contributed by atoms with E-state index < -0.39 is 12.2 Å². The van der Waals surface area contributed by atoms with Crippen molar-refractivity contribution in [2.45, 2.75) is 59.7 Å². The molecule has 0 unspecified atom stereocenters. The normalized spacial score (nSPS) is 11.7. The molecule has 6 heteroatoms. The quantitative estimate of drug-likeness (QED) is 0.738. The van der Waals surface area contributed by atoms with Gasteiger partial charge in [0, 0.05) is 12.1 Å². The first kappa shape index (κ1) is 19.4. The van der Waals surface area contributed by atoms with Crippen molar-refractivity contribution in [2.75, 3.05) is 6.61 Å². The van der Waals surface area contributed by atoms with E-state index in [-0.39, 0.29) is 18.1 Å². The number of rotatable bonds is 8. The predicted octanol–water partition coefficient (Wildman–Crippen LogP) is 3.73. The number of carbonyl (C=O) groups is 1. The lowest BCUT2D eigenvalue weighted by Crippen LogP contribution is -2.41. The van der Waals surface area contributed by atoms with Gasteiger partial charge in [-0.1, -0.05) is 12.1 Å². The molecular formula is C17H25F2NO3. The summed E-state index contributed by atoms with van der Waals surface area (Å²) in [5.41, 5.74) is 1.83. The minimum Gasteiger partial charge on any atom is -0.466 e. The van der Waals surface area contributed by atoms with Crippen molar-refractivity contribution in [1.29, 1.82) is 0 Å². The Balaban J connectivity index is 2.73. The fraction of sp³-hybridized carbons (Fsp3) is 0.588. The Morgan fingerprint density at radius 2 is 1.83 bits per heavy atom. The highest BCUT2D eigenvalue weighted by Crippen LogP contribution is 2.26. The van der Waals surface area contributed by atoms with Gasteiger partial charge in [0.05, 0.1) is 13.0 Å². The minimum absolute atomic E-state index is 0.217. The highest BCUT2D eigenvalue weighted by atomic mass is 19.3. The molecule has 4 nitrogen and oxygen atoms in total. The van der Waals surface area contributed by atoms with E-state index in [1.165, 1.54) is 0 Å². The number of esters is 1. The van der Waals surface area contributed by atoms with E-state index in [0.717, 1.165) is 5.56 Å². The van der Waals surface area contributed by atoms with Gasteiger partial charge in [-0.25, -0.2) is 0 Å². The monoisotopic (exact) mass is 329 g/mol. The van der Waals surface area contributed by atoms with E-state index >= 15 is 0 Å². The first-order valence-electron chi connectivity index (χ1n) is 7.60. The first-order chi connectivity index (χ1) is 10.6. The van der Waals surface area contributed by atoms with Gasteiger partial charge in [-0.15, -0.1) is 0 Å². The molecule has 0 heterocycles. The molecule has 0 amide bonds. The molecule has 0 aliphatic heterocycles. The van der Waals surface area contributed by atoms with Crippen LogP contribution in [0.2, 0.25) is 0 Å². The van der Waals surface area contributed by atoms with Crippen LogP contribution in [0.3, 0.4) is 0 Å². The summed E-state index contributed by atoms with van der Waals surface area (Å²) < 4.78 is 34.3. The topological polar surface area (TPSA) is 47.6 Å². The molecule has 1 rings (SSSR count). The van der Waals surface area contributed by atoms with Gasteiger partial charge in [-0.2, -0.15) is 8.78 Å². The number of halogens is 2. The third kappa shape index (κ3) is 6.52. The molecule has 0 aliphatic rings. The van der Waals surface area contributed by atoms with Gasteiger partial charge in [0.2, 0.25) is 0 Å². The Morgan fingerprint density at radius 3 is 2.30 bits per heavy atom. The van der Waals surface area contributed by atoms with Gasteiger partial charge < -0.3 is 14.8 Å². The lowest BCUT2D eigenvalue weighted by atomic mass is 9.99. The summed E-state index contributed by atoms with van der Waals surface area (Å²) in [6.45, 7) is 7.11. The third-order valence-corrected chi connectivity index (χ3v) is 3.39. The maximum absolute atomic E-state index is 12.4. The van der Waals surface area contributed by atoms with Crippen molar-refractivity contribution in [3.05, 3.63) is 28.8 Å². The van der Waals surface area contributed by atoms with Crippen LogP contribution in [0.1, 0.15) is 43.9 Å². The zero-order valence-electron chi connectivity index (χ0n) is 14.3. The van der Waals surface area contributed by atoms with Crippen molar-refractivity contribution in [1.82, 2.24) is 5.32 Å². The Hall–Kier alpha value is -1.69.